The Labute approximate surface area is 196 Å². The van der Waals surface area contributed by atoms with Crippen LogP contribution in [0.1, 0.15) is 11.5 Å². The third-order valence-electron chi connectivity index (χ3n) is 4.85. The minimum Gasteiger partial charge on any atom is -0.466 e. The molecule has 0 radical (unpaired) electrons. The van der Waals surface area contributed by atoms with Crippen LogP contribution >= 0.6 is 27.5 Å². The summed E-state index contributed by atoms with van der Waals surface area (Å²) >= 11 is 9.54. The number of nitrogens with zero attached hydrogens (tertiary/aromatic N) is 2. The molecule has 1 aliphatic rings. The first kappa shape index (κ1) is 23.3. The third kappa shape index (κ3) is 3.83. The Bertz CT molecular complexity index is 1210. The molecule has 2 N–H and O–H groups in total. The van der Waals surface area contributed by atoms with Gasteiger partial charge in [-0.15, -0.1) is 0 Å². The number of ether oxygens (including phenoxy) is 2. The van der Waals surface area contributed by atoms with Gasteiger partial charge < -0.3 is 15.2 Å². The van der Waals surface area contributed by atoms with Crippen LogP contribution in [0.2, 0.25) is 5.02 Å². The fourth-order valence-corrected chi connectivity index (χ4v) is 4.02. The molecule has 0 saturated carbocycles. The van der Waals surface area contributed by atoms with Crippen LogP contribution in [0.5, 0.6) is 0 Å². The van der Waals surface area contributed by atoms with Crippen LogP contribution in [0.15, 0.2) is 69.6 Å². The molecule has 164 valence electrons. The molecular weight excluding hydrogens is 505 g/mol. The molecule has 0 saturated heterocycles. The highest BCUT2D eigenvalue weighted by Gasteiger charge is 2.44. The van der Waals surface area contributed by atoms with Crippen molar-refractivity contribution < 1.29 is 23.5 Å². The average molecular weight is 521 g/mol. The number of methoxy groups -OCH3 is 2. The largest absolute Gasteiger partial charge is 0.466 e. The van der Waals surface area contributed by atoms with Crippen molar-refractivity contribution in [2.75, 3.05) is 19.1 Å². The summed E-state index contributed by atoms with van der Waals surface area (Å²) in [5, 5.41) is 9.83. The van der Waals surface area contributed by atoms with Crippen LogP contribution in [0.25, 0.3) is 0 Å². The van der Waals surface area contributed by atoms with E-state index < -0.39 is 29.4 Å². The number of carbonyl (C=O) groups is 2. The van der Waals surface area contributed by atoms with E-state index in [2.05, 4.69) is 15.9 Å². The fourth-order valence-electron chi connectivity index (χ4n) is 3.47. The van der Waals surface area contributed by atoms with E-state index in [1.54, 1.807) is 30.3 Å². The number of nitrogens with two attached hydrogens (primary N) is 1. The van der Waals surface area contributed by atoms with Gasteiger partial charge >= 0.3 is 11.9 Å². The maximum absolute atomic E-state index is 15.0. The number of nitriles is 1. The summed E-state index contributed by atoms with van der Waals surface area (Å²) in [5.41, 5.74) is 5.72. The molecule has 0 aliphatic carbocycles. The number of anilines is 1. The molecule has 1 heterocycles. The number of halogens is 3. The van der Waals surface area contributed by atoms with Crippen molar-refractivity contribution in [1.29, 1.82) is 5.26 Å². The molecule has 0 amide bonds. The minimum atomic E-state index is -1.06. The van der Waals surface area contributed by atoms with Gasteiger partial charge in [0.15, 0.2) is 0 Å². The Morgan fingerprint density at radius 1 is 1.16 bits per heavy atom. The first-order valence-corrected chi connectivity index (χ1v) is 10.2. The highest BCUT2D eigenvalue weighted by molar-refractivity contribution is 9.10. The van der Waals surface area contributed by atoms with Crippen molar-refractivity contribution in [1.82, 2.24) is 0 Å². The van der Waals surface area contributed by atoms with Crippen LogP contribution < -0.4 is 10.6 Å². The molecule has 1 atom stereocenters. The molecule has 0 spiro atoms. The van der Waals surface area contributed by atoms with Crippen LogP contribution in [0, 0.1) is 17.1 Å². The lowest BCUT2D eigenvalue weighted by Gasteiger charge is -2.36. The molecule has 0 fully saturated rings. The fraction of sp³-hybridized carbons (Fsp3) is 0.136. The lowest BCUT2D eigenvalue weighted by Crippen LogP contribution is -2.41. The van der Waals surface area contributed by atoms with Crippen LogP contribution in [-0.4, -0.2) is 26.2 Å². The number of carbonyl (C=O) groups excluding carboxylic acids is 2. The van der Waals surface area contributed by atoms with E-state index >= 15 is 0 Å². The van der Waals surface area contributed by atoms with Gasteiger partial charge in [0.05, 0.1) is 42.4 Å². The maximum atomic E-state index is 15.0. The summed E-state index contributed by atoms with van der Waals surface area (Å²) in [7, 11) is 2.22. The Balaban J connectivity index is 2.49. The van der Waals surface area contributed by atoms with Crippen molar-refractivity contribution in [2.45, 2.75) is 5.92 Å². The quantitative estimate of drug-likeness (QED) is 0.477. The van der Waals surface area contributed by atoms with Crippen molar-refractivity contribution in [2.24, 2.45) is 5.73 Å². The second-order valence-corrected chi connectivity index (χ2v) is 7.76. The van der Waals surface area contributed by atoms with Gasteiger partial charge in [-0.3, -0.25) is 4.90 Å². The van der Waals surface area contributed by atoms with E-state index in [4.69, 9.17) is 26.8 Å². The van der Waals surface area contributed by atoms with E-state index in [9.17, 15) is 19.2 Å². The van der Waals surface area contributed by atoms with Gasteiger partial charge in [-0.2, -0.15) is 5.26 Å². The molecule has 10 heteroatoms. The van der Waals surface area contributed by atoms with Gasteiger partial charge in [0, 0.05) is 4.47 Å². The van der Waals surface area contributed by atoms with Crippen LogP contribution in [-0.2, 0) is 19.1 Å². The minimum absolute atomic E-state index is 0.0975. The monoisotopic (exact) mass is 519 g/mol. The van der Waals surface area contributed by atoms with E-state index in [1.165, 1.54) is 6.07 Å². The number of hydrogen-bond acceptors (Lipinski definition) is 7. The van der Waals surface area contributed by atoms with E-state index in [0.29, 0.717) is 10.0 Å². The smallest absolute Gasteiger partial charge is 0.355 e. The molecule has 1 aliphatic heterocycles. The summed E-state index contributed by atoms with van der Waals surface area (Å²) < 4.78 is 25.1. The van der Waals surface area contributed by atoms with Gasteiger partial charge in [-0.1, -0.05) is 41.9 Å². The van der Waals surface area contributed by atoms with E-state index in [-0.39, 0.29) is 27.7 Å². The Kier molecular flexibility index (Phi) is 6.87. The molecular formula is C22H16BrClFN3O4. The highest BCUT2D eigenvalue weighted by atomic mass is 79.9. The van der Waals surface area contributed by atoms with Gasteiger partial charge in [0.2, 0.25) is 0 Å². The summed E-state index contributed by atoms with van der Waals surface area (Å²) in [6.45, 7) is 0. The van der Waals surface area contributed by atoms with Crippen molar-refractivity contribution in [3.05, 3.63) is 86.0 Å². The van der Waals surface area contributed by atoms with Crippen molar-refractivity contribution in [3.8, 4) is 6.07 Å². The van der Waals surface area contributed by atoms with E-state index in [1.807, 2.05) is 6.07 Å². The zero-order valence-electron chi connectivity index (χ0n) is 16.9. The van der Waals surface area contributed by atoms with Crippen molar-refractivity contribution >= 4 is 45.2 Å². The summed E-state index contributed by atoms with van der Waals surface area (Å²) in [6, 6.07) is 12.9. The standard InChI is InChI=1S/C22H16BrClFN3O4/c1-31-21(29)16-15(11-6-4-3-5-7-11)12(10-26)20(27)28(19(16)22(30)32-2)18-14(25)9-8-13(23)17(18)24/h3-9,15H,27H2,1-2H3. The first-order valence-electron chi connectivity index (χ1n) is 9.07. The Morgan fingerprint density at radius 3 is 2.34 bits per heavy atom. The molecule has 2 aromatic rings. The van der Waals surface area contributed by atoms with Crippen molar-refractivity contribution in [3.63, 3.8) is 0 Å². The highest BCUT2D eigenvalue weighted by Crippen LogP contribution is 2.46. The zero-order chi connectivity index (χ0) is 23.6. The second-order valence-electron chi connectivity index (χ2n) is 6.53. The lowest BCUT2D eigenvalue weighted by atomic mass is 9.81. The van der Waals surface area contributed by atoms with E-state index in [0.717, 1.165) is 25.2 Å². The lowest BCUT2D eigenvalue weighted by molar-refractivity contribution is -0.139. The molecule has 0 aromatic heterocycles. The molecule has 0 bridgehead atoms. The number of benzene rings is 2. The topological polar surface area (TPSA) is 106 Å². The number of hydrogen-bond donors (Lipinski definition) is 1. The first-order chi connectivity index (χ1) is 15.3. The zero-order valence-corrected chi connectivity index (χ0v) is 19.2. The summed E-state index contributed by atoms with van der Waals surface area (Å²) in [5.74, 6) is -4.11. The number of allylic oxidation sites excluding steroid dienone is 1. The summed E-state index contributed by atoms with van der Waals surface area (Å²) in [4.78, 5) is 26.8. The number of esters is 2. The SMILES string of the molecule is COC(=O)C1=C(C(=O)OC)N(c2c(F)ccc(Br)c2Cl)C(N)=C(C#N)C1c1ccccc1. The van der Waals surface area contributed by atoms with Gasteiger partial charge in [0.25, 0.3) is 0 Å². The maximum Gasteiger partial charge on any atom is 0.355 e. The van der Waals surface area contributed by atoms with Crippen LogP contribution in [0.4, 0.5) is 10.1 Å². The van der Waals surface area contributed by atoms with Crippen LogP contribution in [0.3, 0.4) is 0 Å². The number of rotatable bonds is 4. The molecule has 1 unspecified atom stereocenters. The molecule has 2 aromatic carbocycles. The van der Waals surface area contributed by atoms with Gasteiger partial charge in [-0.05, 0) is 33.6 Å². The average Bonchev–Trinajstić information content (AvgIpc) is 2.81. The molecule has 7 nitrogen and oxygen atoms in total. The second kappa shape index (κ2) is 9.42. The van der Waals surface area contributed by atoms with Gasteiger partial charge in [-0.25, -0.2) is 14.0 Å². The third-order valence-corrected chi connectivity index (χ3v) is 6.13. The summed E-state index contributed by atoms with van der Waals surface area (Å²) in [6.07, 6.45) is 0. The molecule has 32 heavy (non-hydrogen) atoms. The predicted molar refractivity (Wildman–Crippen MR) is 119 cm³/mol. The normalized spacial score (nSPS) is 16.0. The predicted octanol–water partition coefficient (Wildman–Crippen LogP) is 4.14. The van der Waals surface area contributed by atoms with Gasteiger partial charge in [0.1, 0.15) is 23.0 Å². The Hall–Kier alpha value is -3.35. The Morgan fingerprint density at radius 2 is 1.78 bits per heavy atom. The molecule has 3 rings (SSSR count).